The van der Waals surface area contributed by atoms with Crippen molar-refractivity contribution in [3.05, 3.63) is 34.9 Å². The van der Waals surface area contributed by atoms with Crippen LogP contribution in [0.4, 0.5) is 0 Å². The second-order valence-corrected chi connectivity index (χ2v) is 3.11. The first-order valence-electron chi connectivity index (χ1n) is 3.75. The van der Waals surface area contributed by atoms with Crippen LogP contribution in [0.3, 0.4) is 0 Å². The smallest absolute Gasteiger partial charge is 0.0811 e. The van der Waals surface area contributed by atoms with Crippen LogP contribution in [0.5, 0.6) is 0 Å². The number of benzene rings is 1. The van der Waals surface area contributed by atoms with Gasteiger partial charge in [-0.25, -0.2) is 0 Å². The number of hydrogen-bond donors (Lipinski definition) is 2. The van der Waals surface area contributed by atoms with Crippen LogP contribution in [-0.2, 0) is 6.42 Å². The van der Waals surface area contributed by atoms with Crippen molar-refractivity contribution in [3.8, 4) is 0 Å². The highest BCUT2D eigenvalue weighted by atomic mass is 35.5. The molecule has 0 aliphatic heterocycles. The molecular weight excluding hydrogens is 176 g/mol. The maximum atomic E-state index is 9.11. The monoisotopic (exact) mass is 186 g/mol. The van der Waals surface area contributed by atoms with Crippen molar-refractivity contribution in [3.63, 3.8) is 0 Å². The molecule has 0 aliphatic rings. The standard InChI is InChI=1S/C9H11ClO2/c10-8-3-1-2-7(4-8)5-9(12)6-11/h1-4,9,11-12H,5-6H2. The molecule has 0 heterocycles. The molecule has 1 unspecified atom stereocenters. The van der Waals surface area contributed by atoms with Crippen LogP contribution in [0.1, 0.15) is 5.56 Å². The van der Waals surface area contributed by atoms with Crippen LogP contribution in [0, 0.1) is 0 Å². The summed E-state index contributed by atoms with van der Waals surface area (Å²) in [6.45, 7) is -0.216. The zero-order chi connectivity index (χ0) is 8.97. The molecule has 3 heteroatoms. The van der Waals surface area contributed by atoms with E-state index in [-0.39, 0.29) is 6.61 Å². The zero-order valence-electron chi connectivity index (χ0n) is 6.57. The summed E-state index contributed by atoms with van der Waals surface area (Å²) in [6.07, 6.45) is -0.250. The molecule has 0 radical (unpaired) electrons. The van der Waals surface area contributed by atoms with E-state index in [2.05, 4.69) is 0 Å². The van der Waals surface area contributed by atoms with Crippen LogP contribution < -0.4 is 0 Å². The van der Waals surface area contributed by atoms with Crippen LogP contribution in [0.2, 0.25) is 5.02 Å². The van der Waals surface area contributed by atoms with Gasteiger partial charge in [0.25, 0.3) is 0 Å². The highest BCUT2D eigenvalue weighted by molar-refractivity contribution is 6.30. The molecule has 66 valence electrons. The highest BCUT2D eigenvalue weighted by Gasteiger charge is 2.03. The van der Waals surface area contributed by atoms with Gasteiger partial charge in [0.15, 0.2) is 0 Å². The van der Waals surface area contributed by atoms with Crippen LogP contribution in [-0.4, -0.2) is 22.9 Å². The van der Waals surface area contributed by atoms with E-state index < -0.39 is 6.10 Å². The van der Waals surface area contributed by atoms with E-state index >= 15 is 0 Å². The van der Waals surface area contributed by atoms with Gasteiger partial charge in [0, 0.05) is 11.4 Å². The van der Waals surface area contributed by atoms with Gasteiger partial charge >= 0.3 is 0 Å². The van der Waals surface area contributed by atoms with E-state index in [0.29, 0.717) is 11.4 Å². The van der Waals surface area contributed by atoms with Crippen molar-refractivity contribution in [2.75, 3.05) is 6.61 Å². The molecule has 0 spiro atoms. The molecule has 12 heavy (non-hydrogen) atoms. The molecule has 2 N–H and O–H groups in total. The van der Waals surface area contributed by atoms with Gasteiger partial charge in [-0.3, -0.25) is 0 Å². The van der Waals surface area contributed by atoms with E-state index in [4.69, 9.17) is 21.8 Å². The van der Waals surface area contributed by atoms with Crippen molar-refractivity contribution in [1.82, 2.24) is 0 Å². The fourth-order valence-corrected chi connectivity index (χ4v) is 1.21. The third-order valence-electron chi connectivity index (χ3n) is 1.57. The Balaban J connectivity index is 2.63. The second-order valence-electron chi connectivity index (χ2n) is 2.67. The molecular formula is C9H11ClO2. The molecule has 1 atom stereocenters. The van der Waals surface area contributed by atoms with Crippen molar-refractivity contribution >= 4 is 11.6 Å². The molecule has 0 aromatic heterocycles. The Morgan fingerprint density at radius 1 is 1.42 bits per heavy atom. The maximum Gasteiger partial charge on any atom is 0.0811 e. The Morgan fingerprint density at radius 3 is 2.75 bits per heavy atom. The Hall–Kier alpha value is -0.570. The molecule has 0 amide bonds. The lowest BCUT2D eigenvalue weighted by atomic mass is 10.1. The number of rotatable bonds is 3. The minimum absolute atomic E-state index is 0.216. The Bertz CT molecular complexity index is 250. The molecule has 0 fully saturated rings. The summed E-state index contributed by atoms with van der Waals surface area (Å²) in [5.41, 5.74) is 0.934. The normalized spacial score (nSPS) is 12.9. The van der Waals surface area contributed by atoms with Gasteiger partial charge in [-0.1, -0.05) is 23.7 Å². The summed E-state index contributed by atoms with van der Waals surface area (Å²) in [5.74, 6) is 0. The van der Waals surface area contributed by atoms with Crippen molar-refractivity contribution in [2.45, 2.75) is 12.5 Å². The van der Waals surface area contributed by atoms with Crippen molar-refractivity contribution < 1.29 is 10.2 Å². The SMILES string of the molecule is OCC(O)Cc1cccc(Cl)c1. The lowest BCUT2D eigenvalue weighted by Crippen LogP contribution is -2.14. The highest BCUT2D eigenvalue weighted by Crippen LogP contribution is 2.11. The van der Waals surface area contributed by atoms with Gasteiger partial charge in [0.2, 0.25) is 0 Å². The number of aliphatic hydroxyl groups is 2. The topological polar surface area (TPSA) is 40.5 Å². The molecule has 2 nitrogen and oxygen atoms in total. The zero-order valence-corrected chi connectivity index (χ0v) is 7.33. The number of aliphatic hydroxyl groups excluding tert-OH is 2. The summed E-state index contributed by atoms with van der Waals surface area (Å²) in [4.78, 5) is 0. The van der Waals surface area contributed by atoms with Gasteiger partial charge in [-0.05, 0) is 17.7 Å². The molecule has 0 saturated heterocycles. The minimum Gasteiger partial charge on any atom is -0.394 e. The molecule has 0 aliphatic carbocycles. The first-order valence-corrected chi connectivity index (χ1v) is 4.13. The fraction of sp³-hybridized carbons (Fsp3) is 0.333. The van der Waals surface area contributed by atoms with E-state index in [1.165, 1.54) is 0 Å². The van der Waals surface area contributed by atoms with Gasteiger partial charge in [0.05, 0.1) is 12.7 Å². The average Bonchev–Trinajstić information content (AvgIpc) is 2.04. The lowest BCUT2D eigenvalue weighted by molar-refractivity contribution is 0.0955. The molecule has 1 aromatic carbocycles. The molecule has 1 rings (SSSR count). The third-order valence-corrected chi connectivity index (χ3v) is 1.81. The largest absolute Gasteiger partial charge is 0.394 e. The number of halogens is 1. The number of hydrogen-bond acceptors (Lipinski definition) is 2. The van der Waals surface area contributed by atoms with Crippen LogP contribution in [0.25, 0.3) is 0 Å². The summed E-state index contributed by atoms with van der Waals surface area (Å²) in [5, 5.41) is 18.3. The van der Waals surface area contributed by atoms with Gasteiger partial charge in [-0.15, -0.1) is 0 Å². The van der Waals surface area contributed by atoms with Gasteiger partial charge in [0.1, 0.15) is 0 Å². The van der Waals surface area contributed by atoms with Crippen molar-refractivity contribution in [1.29, 1.82) is 0 Å². The molecule has 0 saturated carbocycles. The predicted molar refractivity (Wildman–Crippen MR) is 48.2 cm³/mol. The van der Waals surface area contributed by atoms with Crippen LogP contribution >= 0.6 is 11.6 Å². The average molecular weight is 187 g/mol. The van der Waals surface area contributed by atoms with Gasteiger partial charge in [-0.2, -0.15) is 0 Å². The molecule has 1 aromatic rings. The second kappa shape index (κ2) is 4.45. The summed E-state index contributed by atoms with van der Waals surface area (Å²) >= 11 is 5.73. The first kappa shape index (κ1) is 9.52. The van der Waals surface area contributed by atoms with E-state index in [0.717, 1.165) is 5.56 Å². The Labute approximate surface area is 76.4 Å². The third kappa shape index (κ3) is 2.81. The van der Waals surface area contributed by atoms with Gasteiger partial charge < -0.3 is 10.2 Å². The van der Waals surface area contributed by atoms with Crippen molar-refractivity contribution in [2.24, 2.45) is 0 Å². The predicted octanol–water partition coefficient (Wildman–Crippen LogP) is 1.24. The summed E-state index contributed by atoms with van der Waals surface area (Å²) < 4.78 is 0. The van der Waals surface area contributed by atoms with E-state index in [1.54, 1.807) is 12.1 Å². The Kier molecular flexibility index (Phi) is 3.53. The quantitative estimate of drug-likeness (QED) is 0.746. The Morgan fingerprint density at radius 2 is 2.17 bits per heavy atom. The van der Waals surface area contributed by atoms with Crippen LogP contribution in [0.15, 0.2) is 24.3 Å². The fourth-order valence-electron chi connectivity index (χ4n) is 1.00. The maximum absolute atomic E-state index is 9.11. The lowest BCUT2D eigenvalue weighted by Gasteiger charge is -2.06. The van der Waals surface area contributed by atoms with E-state index in [1.807, 2.05) is 12.1 Å². The first-order chi connectivity index (χ1) is 5.72. The summed E-state index contributed by atoms with van der Waals surface area (Å²) in [7, 11) is 0. The summed E-state index contributed by atoms with van der Waals surface area (Å²) in [6, 6.07) is 7.24. The molecule has 0 bridgehead atoms. The minimum atomic E-state index is -0.691. The van der Waals surface area contributed by atoms with E-state index in [9.17, 15) is 0 Å².